The van der Waals surface area contributed by atoms with Gasteiger partial charge >= 0.3 is 0 Å². The van der Waals surface area contributed by atoms with Gasteiger partial charge in [-0.3, -0.25) is 9.79 Å². The summed E-state index contributed by atoms with van der Waals surface area (Å²) >= 11 is 0. The number of nitrogens with one attached hydrogen (secondary N) is 3. The van der Waals surface area contributed by atoms with Crippen LogP contribution in [0.3, 0.4) is 0 Å². The van der Waals surface area contributed by atoms with E-state index in [1.54, 1.807) is 12.1 Å². The average molecular weight is 381 g/mol. The lowest BCUT2D eigenvalue weighted by molar-refractivity contribution is 0.0926. The van der Waals surface area contributed by atoms with Crippen molar-refractivity contribution < 1.29 is 9.21 Å². The van der Waals surface area contributed by atoms with Gasteiger partial charge in [-0.25, -0.2) is 0 Å². The molecule has 3 aromatic rings. The molecule has 148 valence electrons. The molecule has 0 fully saturated rings. The first kappa shape index (κ1) is 19.5. The van der Waals surface area contributed by atoms with Crippen LogP contribution in [0.5, 0.6) is 0 Å². The Morgan fingerprint density at radius 1 is 1.07 bits per heavy atom. The van der Waals surface area contributed by atoms with E-state index in [1.165, 1.54) is 17.2 Å². The fraction of sp³-hybridized carbons (Fsp3) is 0.333. The van der Waals surface area contributed by atoms with Crippen molar-refractivity contribution in [2.24, 2.45) is 4.99 Å². The van der Waals surface area contributed by atoms with Gasteiger partial charge in [-0.2, -0.15) is 0 Å². The first-order valence-electron chi connectivity index (χ1n) is 9.65. The Labute approximate surface area is 164 Å². The quantitative estimate of drug-likeness (QED) is 0.302. The van der Waals surface area contributed by atoms with Crippen LogP contribution in [-0.4, -0.2) is 42.6 Å². The lowest BCUT2D eigenvalue weighted by Crippen LogP contribution is -2.41. The van der Waals surface area contributed by atoms with E-state index in [0.29, 0.717) is 18.8 Å². The van der Waals surface area contributed by atoms with Crippen molar-refractivity contribution in [2.75, 3.05) is 26.2 Å². The Bertz CT molecular complexity index is 899. The molecule has 0 spiro atoms. The van der Waals surface area contributed by atoms with Crippen molar-refractivity contribution in [3.05, 3.63) is 60.7 Å². The minimum absolute atomic E-state index is 0.215. The van der Waals surface area contributed by atoms with Gasteiger partial charge in [0, 0.05) is 44.4 Å². The first-order valence-corrected chi connectivity index (χ1v) is 9.65. The van der Waals surface area contributed by atoms with Gasteiger partial charge in [0.2, 0.25) is 0 Å². The van der Waals surface area contributed by atoms with Crippen LogP contribution >= 0.6 is 0 Å². The fourth-order valence-electron chi connectivity index (χ4n) is 2.96. The number of hydrogen-bond donors (Lipinski definition) is 3. The minimum Gasteiger partial charge on any atom is -0.459 e. The second-order valence-corrected chi connectivity index (χ2v) is 6.34. The molecule has 0 bridgehead atoms. The number of aromatic nitrogens is 1. The third-order valence-corrected chi connectivity index (χ3v) is 4.30. The van der Waals surface area contributed by atoms with Gasteiger partial charge in [-0.15, -0.1) is 0 Å². The standard InChI is InChI=1S/C21H27N5O2/c1-2-22-21(25-13-12-23-20(27)19-9-5-16-28-19)24-11-6-14-26-15-10-17-7-3-4-8-18(17)26/h3-5,7-10,15-16H,2,6,11-14H2,1H3,(H,23,27)(H2,22,24,25). The van der Waals surface area contributed by atoms with Gasteiger partial charge < -0.3 is 24.9 Å². The smallest absolute Gasteiger partial charge is 0.287 e. The number of guanidine groups is 1. The maximum Gasteiger partial charge on any atom is 0.287 e. The highest BCUT2D eigenvalue weighted by Gasteiger charge is 2.07. The SMILES string of the molecule is CCNC(=NCCCn1ccc2ccccc21)NCCNC(=O)c1ccco1. The number of hydrogen-bond acceptors (Lipinski definition) is 3. The molecular formula is C21H27N5O2. The van der Waals surface area contributed by atoms with Crippen LogP contribution < -0.4 is 16.0 Å². The second kappa shape index (κ2) is 10.2. The lowest BCUT2D eigenvalue weighted by atomic mass is 10.2. The number of fused-ring (bicyclic) bond motifs is 1. The number of carbonyl (C=O) groups is 1. The van der Waals surface area contributed by atoms with Gasteiger partial charge in [0.15, 0.2) is 11.7 Å². The molecule has 2 heterocycles. The van der Waals surface area contributed by atoms with Crippen molar-refractivity contribution in [3.63, 3.8) is 0 Å². The Morgan fingerprint density at radius 3 is 2.75 bits per heavy atom. The topological polar surface area (TPSA) is 83.6 Å². The number of nitrogens with zero attached hydrogens (tertiary/aromatic N) is 2. The molecule has 0 radical (unpaired) electrons. The molecule has 0 aliphatic heterocycles. The average Bonchev–Trinajstić information content (AvgIpc) is 3.38. The van der Waals surface area contributed by atoms with E-state index in [1.807, 2.05) is 6.92 Å². The maximum absolute atomic E-state index is 11.8. The zero-order chi connectivity index (χ0) is 19.6. The normalized spacial score (nSPS) is 11.5. The maximum atomic E-state index is 11.8. The van der Waals surface area contributed by atoms with Crippen LogP contribution in [0.2, 0.25) is 0 Å². The Balaban J connectivity index is 1.40. The highest BCUT2D eigenvalue weighted by Crippen LogP contribution is 2.15. The third kappa shape index (κ3) is 5.39. The summed E-state index contributed by atoms with van der Waals surface area (Å²) in [5.74, 6) is 0.859. The van der Waals surface area contributed by atoms with Crippen molar-refractivity contribution in [3.8, 4) is 0 Å². The minimum atomic E-state index is -0.215. The summed E-state index contributed by atoms with van der Waals surface area (Å²) in [6.45, 7) is 5.53. The highest BCUT2D eigenvalue weighted by atomic mass is 16.3. The number of carbonyl (C=O) groups excluding carboxylic acids is 1. The van der Waals surface area contributed by atoms with E-state index >= 15 is 0 Å². The van der Waals surface area contributed by atoms with E-state index in [9.17, 15) is 4.79 Å². The van der Waals surface area contributed by atoms with Crippen molar-refractivity contribution in [1.29, 1.82) is 0 Å². The summed E-state index contributed by atoms with van der Waals surface area (Å²) in [4.78, 5) is 16.4. The van der Waals surface area contributed by atoms with E-state index < -0.39 is 0 Å². The summed E-state index contributed by atoms with van der Waals surface area (Å²) in [6, 6.07) is 13.9. The van der Waals surface area contributed by atoms with E-state index in [2.05, 4.69) is 62.0 Å². The monoisotopic (exact) mass is 381 g/mol. The van der Waals surface area contributed by atoms with Gasteiger partial charge in [0.1, 0.15) is 0 Å². The molecule has 1 amide bonds. The number of amides is 1. The number of aryl methyl sites for hydroxylation is 1. The van der Waals surface area contributed by atoms with E-state index in [4.69, 9.17) is 4.42 Å². The molecule has 7 nitrogen and oxygen atoms in total. The number of furan rings is 1. The summed E-state index contributed by atoms with van der Waals surface area (Å²) in [7, 11) is 0. The van der Waals surface area contributed by atoms with Crippen LogP contribution in [0.25, 0.3) is 10.9 Å². The van der Waals surface area contributed by atoms with Crippen molar-refractivity contribution >= 4 is 22.8 Å². The lowest BCUT2D eigenvalue weighted by Gasteiger charge is -2.12. The molecule has 0 saturated heterocycles. The molecule has 0 atom stereocenters. The number of para-hydroxylation sites is 1. The van der Waals surface area contributed by atoms with Crippen molar-refractivity contribution in [1.82, 2.24) is 20.5 Å². The second-order valence-electron chi connectivity index (χ2n) is 6.34. The molecule has 0 saturated carbocycles. The van der Waals surface area contributed by atoms with Crippen LogP contribution in [0.15, 0.2) is 64.3 Å². The number of benzene rings is 1. The molecule has 0 aliphatic rings. The summed E-state index contributed by atoms with van der Waals surface area (Å²) in [6.07, 6.45) is 4.56. The van der Waals surface area contributed by atoms with Gasteiger partial charge in [0.05, 0.1) is 6.26 Å². The largest absolute Gasteiger partial charge is 0.459 e. The molecule has 0 unspecified atom stereocenters. The van der Waals surface area contributed by atoms with Crippen LogP contribution in [0, 0.1) is 0 Å². The Hall–Kier alpha value is -3.22. The Kier molecular flexibility index (Phi) is 7.12. The van der Waals surface area contributed by atoms with Gasteiger partial charge in [-0.05, 0) is 43.0 Å². The predicted molar refractivity (Wildman–Crippen MR) is 112 cm³/mol. The third-order valence-electron chi connectivity index (χ3n) is 4.30. The van der Waals surface area contributed by atoms with Crippen LogP contribution in [-0.2, 0) is 6.54 Å². The first-order chi connectivity index (χ1) is 13.8. The van der Waals surface area contributed by atoms with Crippen LogP contribution in [0.1, 0.15) is 23.9 Å². The molecule has 3 rings (SSSR count). The molecule has 28 heavy (non-hydrogen) atoms. The molecule has 1 aromatic carbocycles. The molecule has 2 aromatic heterocycles. The summed E-state index contributed by atoms with van der Waals surface area (Å²) in [5, 5.41) is 10.5. The van der Waals surface area contributed by atoms with E-state index in [0.717, 1.165) is 32.0 Å². The number of aliphatic imine (C=N–C) groups is 1. The summed E-state index contributed by atoms with van der Waals surface area (Å²) in [5.41, 5.74) is 1.25. The molecular weight excluding hydrogens is 354 g/mol. The zero-order valence-electron chi connectivity index (χ0n) is 16.1. The van der Waals surface area contributed by atoms with Crippen molar-refractivity contribution in [2.45, 2.75) is 19.9 Å². The fourth-order valence-corrected chi connectivity index (χ4v) is 2.96. The number of rotatable bonds is 9. The molecule has 0 aliphatic carbocycles. The molecule has 3 N–H and O–H groups in total. The Morgan fingerprint density at radius 2 is 1.93 bits per heavy atom. The zero-order valence-corrected chi connectivity index (χ0v) is 16.1. The van der Waals surface area contributed by atoms with E-state index in [-0.39, 0.29) is 5.91 Å². The van der Waals surface area contributed by atoms with Gasteiger partial charge in [-0.1, -0.05) is 18.2 Å². The summed E-state index contributed by atoms with van der Waals surface area (Å²) < 4.78 is 7.32. The predicted octanol–water partition coefficient (Wildman–Crippen LogP) is 2.61. The van der Waals surface area contributed by atoms with Crippen LogP contribution in [0.4, 0.5) is 0 Å². The highest BCUT2D eigenvalue weighted by molar-refractivity contribution is 5.91. The van der Waals surface area contributed by atoms with Gasteiger partial charge in [0.25, 0.3) is 5.91 Å². The molecule has 7 heteroatoms.